The van der Waals surface area contributed by atoms with E-state index in [9.17, 15) is 18.0 Å². The van der Waals surface area contributed by atoms with E-state index in [2.05, 4.69) is 15.0 Å². The Hall–Kier alpha value is -2.34. The summed E-state index contributed by atoms with van der Waals surface area (Å²) in [6.45, 7) is 0.834. The fraction of sp³-hybridized carbons (Fsp3) is 0.353. The highest BCUT2D eigenvalue weighted by Gasteiger charge is 2.21. The zero-order valence-corrected chi connectivity index (χ0v) is 16.5. The summed E-state index contributed by atoms with van der Waals surface area (Å²) in [5, 5.41) is 4.51. The van der Waals surface area contributed by atoms with Gasteiger partial charge in [0, 0.05) is 24.1 Å². The topological polar surface area (TPSA) is 140 Å². The molecule has 1 aromatic carbocycles. The van der Waals surface area contributed by atoms with E-state index >= 15 is 0 Å². The number of nitrogens with two attached hydrogens (primary N) is 1. The van der Waals surface area contributed by atoms with Crippen LogP contribution in [0.15, 0.2) is 34.5 Å². The van der Waals surface area contributed by atoms with Crippen molar-refractivity contribution in [3.63, 3.8) is 0 Å². The highest BCUT2D eigenvalue weighted by Crippen LogP contribution is 2.18. The first-order valence-electron chi connectivity index (χ1n) is 8.59. The maximum atomic E-state index is 12.5. The Labute approximate surface area is 166 Å². The molecule has 4 N–H and O–H groups in total. The quantitative estimate of drug-likeness (QED) is 0.575. The van der Waals surface area contributed by atoms with Gasteiger partial charge in [0.2, 0.25) is 15.9 Å². The van der Waals surface area contributed by atoms with Gasteiger partial charge in [-0.1, -0.05) is 6.07 Å². The molecule has 0 aliphatic carbocycles. The third-order valence-electron chi connectivity index (χ3n) is 4.06. The van der Waals surface area contributed by atoms with Gasteiger partial charge >= 0.3 is 0 Å². The molecule has 1 saturated heterocycles. The lowest BCUT2D eigenvalue weighted by molar-refractivity contribution is -0.117. The van der Waals surface area contributed by atoms with Crippen molar-refractivity contribution in [2.75, 3.05) is 18.5 Å². The Morgan fingerprint density at radius 2 is 2.18 bits per heavy atom. The number of carbonyl (C=O) groups is 2. The molecule has 1 unspecified atom stereocenters. The molecule has 1 aliphatic rings. The van der Waals surface area contributed by atoms with Crippen LogP contribution in [0.1, 0.15) is 28.9 Å². The molecule has 1 fully saturated rings. The van der Waals surface area contributed by atoms with E-state index in [1.807, 2.05) is 0 Å². The number of carbonyl (C=O) groups excluding carboxylic acids is 2. The van der Waals surface area contributed by atoms with Gasteiger partial charge < -0.3 is 10.5 Å². The number of hydrogen-bond donors (Lipinski definition) is 3. The van der Waals surface area contributed by atoms with Gasteiger partial charge in [0.15, 0.2) is 5.13 Å². The van der Waals surface area contributed by atoms with Crippen molar-refractivity contribution < 1.29 is 22.7 Å². The SMILES string of the molecule is NC(=O)Cc1csc(NC(=O)c2cccc(S(=O)(=O)NCC3CCCO3)c2)n1. The first kappa shape index (κ1) is 20.4. The average Bonchev–Trinajstić information content (AvgIpc) is 3.32. The van der Waals surface area contributed by atoms with Gasteiger partial charge in [-0.2, -0.15) is 0 Å². The minimum absolute atomic E-state index is 0.00768. The van der Waals surface area contributed by atoms with Crippen molar-refractivity contribution in [3.05, 3.63) is 40.9 Å². The van der Waals surface area contributed by atoms with Crippen LogP contribution in [0.2, 0.25) is 0 Å². The van der Waals surface area contributed by atoms with Crippen molar-refractivity contribution in [1.29, 1.82) is 0 Å². The molecule has 11 heteroatoms. The van der Waals surface area contributed by atoms with Crippen molar-refractivity contribution in [1.82, 2.24) is 9.71 Å². The normalized spacial score (nSPS) is 16.8. The molecule has 3 rings (SSSR count). The third kappa shape index (κ3) is 5.35. The molecular formula is C17H20N4O5S2. The van der Waals surface area contributed by atoms with Gasteiger partial charge in [-0.15, -0.1) is 11.3 Å². The van der Waals surface area contributed by atoms with Crippen molar-refractivity contribution in [2.45, 2.75) is 30.3 Å². The Balaban J connectivity index is 1.66. The van der Waals surface area contributed by atoms with E-state index in [1.165, 1.54) is 24.3 Å². The average molecular weight is 425 g/mol. The van der Waals surface area contributed by atoms with Crippen molar-refractivity contribution in [2.24, 2.45) is 5.73 Å². The second kappa shape index (κ2) is 8.78. The molecule has 9 nitrogen and oxygen atoms in total. The number of hydrogen-bond acceptors (Lipinski definition) is 7. The van der Waals surface area contributed by atoms with Gasteiger partial charge in [0.1, 0.15) is 0 Å². The third-order valence-corrected chi connectivity index (χ3v) is 6.29. The number of thiazole rings is 1. The number of nitrogens with zero attached hydrogens (tertiary/aromatic N) is 1. The van der Waals surface area contributed by atoms with E-state index in [4.69, 9.17) is 10.5 Å². The van der Waals surface area contributed by atoms with Crippen LogP contribution in [0, 0.1) is 0 Å². The monoisotopic (exact) mass is 424 g/mol. The predicted molar refractivity (Wildman–Crippen MR) is 104 cm³/mol. The molecular weight excluding hydrogens is 404 g/mol. The smallest absolute Gasteiger partial charge is 0.257 e. The van der Waals surface area contributed by atoms with Crippen LogP contribution in [-0.4, -0.2) is 44.5 Å². The molecule has 0 bridgehead atoms. The standard InChI is InChI=1S/C17H20N4O5S2/c18-15(22)8-12-10-27-17(20-12)21-16(23)11-3-1-5-14(7-11)28(24,25)19-9-13-4-2-6-26-13/h1,3,5,7,10,13,19H,2,4,6,8-9H2,(H2,18,22)(H,20,21,23). The molecule has 28 heavy (non-hydrogen) atoms. The Morgan fingerprint density at radius 3 is 2.89 bits per heavy atom. The lowest BCUT2D eigenvalue weighted by Gasteiger charge is -2.12. The van der Waals surface area contributed by atoms with Gasteiger partial charge in [0.05, 0.1) is 23.1 Å². The van der Waals surface area contributed by atoms with E-state index in [0.29, 0.717) is 17.4 Å². The Kier molecular flexibility index (Phi) is 6.39. The van der Waals surface area contributed by atoms with Crippen LogP contribution < -0.4 is 15.8 Å². The highest BCUT2D eigenvalue weighted by atomic mass is 32.2. The van der Waals surface area contributed by atoms with E-state index in [1.54, 1.807) is 5.38 Å². The molecule has 1 atom stereocenters. The summed E-state index contributed by atoms with van der Waals surface area (Å²) in [5.74, 6) is -1.02. The van der Waals surface area contributed by atoms with Crippen LogP contribution in [0.25, 0.3) is 0 Å². The number of rotatable bonds is 8. The first-order valence-corrected chi connectivity index (χ1v) is 10.9. The number of primary amides is 1. The highest BCUT2D eigenvalue weighted by molar-refractivity contribution is 7.89. The summed E-state index contributed by atoms with van der Waals surface area (Å²) in [6.07, 6.45) is 1.59. The van der Waals surface area contributed by atoms with Crippen LogP contribution in [0.5, 0.6) is 0 Å². The lowest BCUT2D eigenvalue weighted by atomic mass is 10.2. The second-order valence-corrected chi connectivity index (χ2v) is 8.88. The molecule has 0 radical (unpaired) electrons. The van der Waals surface area contributed by atoms with Gasteiger partial charge in [-0.3, -0.25) is 14.9 Å². The zero-order valence-electron chi connectivity index (χ0n) is 14.9. The molecule has 2 heterocycles. The summed E-state index contributed by atoms with van der Waals surface area (Å²) in [5.41, 5.74) is 5.75. The van der Waals surface area contributed by atoms with E-state index < -0.39 is 21.8 Å². The minimum atomic E-state index is -3.76. The lowest BCUT2D eigenvalue weighted by Crippen LogP contribution is -2.32. The molecule has 2 amide bonds. The largest absolute Gasteiger partial charge is 0.377 e. The summed E-state index contributed by atoms with van der Waals surface area (Å²) >= 11 is 1.15. The second-order valence-electron chi connectivity index (χ2n) is 6.26. The van der Waals surface area contributed by atoms with Crippen LogP contribution in [0.3, 0.4) is 0 Å². The maximum Gasteiger partial charge on any atom is 0.257 e. The number of nitrogens with one attached hydrogen (secondary N) is 2. The van der Waals surface area contributed by atoms with Crippen LogP contribution in [-0.2, 0) is 26.0 Å². The molecule has 1 aliphatic heterocycles. The molecule has 1 aromatic heterocycles. The van der Waals surface area contributed by atoms with E-state index in [0.717, 1.165) is 24.2 Å². The Morgan fingerprint density at radius 1 is 1.36 bits per heavy atom. The number of sulfonamides is 1. The van der Waals surface area contributed by atoms with Gasteiger partial charge in [0.25, 0.3) is 5.91 Å². The zero-order chi connectivity index (χ0) is 20.1. The maximum absolute atomic E-state index is 12.5. The minimum Gasteiger partial charge on any atom is -0.377 e. The summed E-state index contributed by atoms with van der Waals surface area (Å²) in [6, 6.07) is 5.72. The molecule has 150 valence electrons. The number of ether oxygens (including phenoxy) is 1. The number of aromatic nitrogens is 1. The summed E-state index contributed by atoms with van der Waals surface area (Å²) < 4.78 is 32.9. The van der Waals surface area contributed by atoms with Crippen LogP contribution in [0.4, 0.5) is 5.13 Å². The molecule has 0 saturated carbocycles. The Bertz CT molecular complexity index is 967. The fourth-order valence-electron chi connectivity index (χ4n) is 2.69. The number of benzene rings is 1. The van der Waals surface area contributed by atoms with Crippen molar-refractivity contribution in [3.8, 4) is 0 Å². The first-order chi connectivity index (χ1) is 13.3. The van der Waals surface area contributed by atoms with E-state index in [-0.39, 0.29) is 29.5 Å². The molecule has 0 spiro atoms. The molecule has 2 aromatic rings. The fourth-order valence-corrected chi connectivity index (χ4v) is 4.51. The predicted octanol–water partition coefficient (Wildman–Crippen LogP) is 0.880. The summed E-state index contributed by atoms with van der Waals surface area (Å²) in [4.78, 5) is 27.4. The number of amides is 2. The van der Waals surface area contributed by atoms with Crippen LogP contribution >= 0.6 is 11.3 Å². The summed E-state index contributed by atoms with van der Waals surface area (Å²) in [7, 11) is -3.76. The number of anilines is 1. The van der Waals surface area contributed by atoms with Crippen molar-refractivity contribution >= 4 is 38.3 Å². The van der Waals surface area contributed by atoms with Gasteiger partial charge in [-0.25, -0.2) is 18.1 Å². The van der Waals surface area contributed by atoms with Gasteiger partial charge in [-0.05, 0) is 31.0 Å².